The Labute approximate surface area is 110 Å². The van der Waals surface area contributed by atoms with Crippen LogP contribution in [0, 0.1) is 6.92 Å². The molecule has 1 aromatic rings. The molecule has 17 heavy (non-hydrogen) atoms. The Morgan fingerprint density at radius 1 is 1.41 bits per heavy atom. The molecule has 0 aromatic heterocycles. The fourth-order valence-corrected chi connectivity index (χ4v) is 2.46. The summed E-state index contributed by atoms with van der Waals surface area (Å²) in [6, 6.07) is 5.76. The predicted molar refractivity (Wildman–Crippen MR) is 72.9 cm³/mol. The summed E-state index contributed by atoms with van der Waals surface area (Å²) in [5.41, 5.74) is 7.34. The minimum absolute atomic E-state index is 0.0586. The number of rotatable bonds is 2. The van der Waals surface area contributed by atoms with Gasteiger partial charge < -0.3 is 11.1 Å². The maximum Gasteiger partial charge on any atom is 0.244 e. The molecule has 0 spiro atoms. The highest BCUT2D eigenvalue weighted by atomic mass is 79.9. The first kappa shape index (κ1) is 12.6. The van der Waals surface area contributed by atoms with Crippen LogP contribution >= 0.6 is 15.9 Å². The smallest absolute Gasteiger partial charge is 0.244 e. The van der Waals surface area contributed by atoms with Gasteiger partial charge in [0.15, 0.2) is 0 Å². The third kappa shape index (κ3) is 2.69. The van der Waals surface area contributed by atoms with Gasteiger partial charge in [-0.3, -0.25) is 4.79 Å². The van der Waals surface area contributed by atoms with Crippen LogP contribution in [0.5, 0.6) is 0 Å². The average Bonchev–Trinajstić information content (AvgIpc) is 2.72. The van der Waals surface area contributed by atoms with Crippen LogP contribution in [0.4, 0.5) is 5.69 Å². The number of carbonyl (C=O) groups is 1. The minimum atomic E-state index is -0.666. The van der Waals surface area contributed by atoms with Crippen molar-refractivity contribution in [2.75, 3.05) is 5.32 Å². The van der Waals surface area contributed by atoms with E-state index in [4.69, 9.17) is 5.73 Å². The lowest BCUT2D eigenvalue weighted by Crippen LogP contribution is -2.48. The summed E-state index contributed by atoms with van der Waals surface area (Å²) in [4.78, 5) is 12.1. The Bertz CT molecular complexity index is 439. The highest BCUT2D eigenvalue weighted by molar-refractivity contribution is 9.10. The minimum Gasteiger partial charge on any atom is -0.324 e. The second-order valence-electron chi connectivity index (χ2n) is 4.78. The molecule has 3 N–H and O–H groups in total. The summed E-state index contributed by atoms with van der Waals surface area (Å²) in [5.74, 6) is -0.0586. The molecule has 92 valence electrons. The van der Waals surface area contributed by atoms with Crippen molar-refractivity contribution < 1.29 is 4.79 Å². The normalized spacial score (nSPS) is 18.1. The van der Waals surface area contributed by atoms with E-state index in [2.05, 4.69) is 21.2 Å². The van der Waals surface area contributed by atoms with Crippen LogP contribution < -0.4 is 11.1 Å². The van der Waals surface area contributed by atoms with Gasteiger partial charge in [-0.05, 0) is 43.5 Å². The van der Waals surface area contributed by atoms with Crippen molar-refractivity contribution in [2.24, 2.45) is 5.73 Å². The fraction of sp³-hybridized carbons (Fsp3) is 0.462. The molecule has 1 amide bonds. The molecule has 1 aliphatic carbocycles. The molecule has 0 heterocycles. The molecule has 1 saturated carbocycles. The van der Waals surface area contributed by atoms with E-state index < -0.39 is 5.54 Å². The van der Waals surface area contributed by atoms with Crippen LogP contribution in [0.25, 0.3) is 0 Å². The van der Waals surface area contributed by atoms with Gasteiger partial charge in [-0.1, -0.05) is 28.8 Å². The fourth-order valence-electron chi connectivity index (χ4n) is 2.21. The number of halogens is 1. The Morgan fingerprint density at radius 2 is 2.06 bits per heavy atom. The maximum absolute atomic E-state index is 12.1. The Balaban J connectivity index is 2.10. The van der Waals surface area contributed by atoms with Gasteiger partial charge in [0.25, 0.3) is 0 Å². The molecule has 1 aromatic carbocycles. The van der Waals surface area contributed by atoms with Crippen molar-refractivity contribution >= 4 is 27.5 Å². The molecule has 0 bridgehead atoms. The van der Waals surface area contributed by atoms with Crippen LogP contribution in [0.3, 0.4) is 0 Å². The number of hydrogen-bond acceptors (Lipinski definition) is 2. The highest BCUT2D eigenvalue weighted by Gasteiger charge is 2.36. The second-order valence-corrected chi connectivity index (χ2v) is 5.64. The number of nitrogens with two attached hydrogens (primary N) is 1. The standard InChI is InChI=1S/C13H17BrN2O/c1-9-8-10(4-5-11(9)14)16-12(17)13(15)6-2-3-7-13/h4-5,8H,2-3,6-7,15H2,1H3,(H,16,17). The Morgan fingerprint density at radius 3 is 2.65 bits per heavy atom. The summed E-state index contributed by atoms with van der Waals surface area (Å²) in [6.07, 6.45) is 3.66. The van der Waals surface area contributed by atoms with Gasteiger partial charge in [-0.15, -0.1) is 0 Å². The topological polar surface area (TPSA) is 55.1 Å². The summed E-state index contributed by atoms with van der Waals surface area (Å²) in [5, 5.41) is 2.91. The Kier molecular flexibility index (Phi) is 3.54. The SMILES string of the molecule is Cc1cc(NC(=O)C2(N)CCCC2)ccc1Br. The summed E-state index contributed by atoms with van der Waals surface area (Å²) in [6.45, 7) is 1.99. The number of benzene rings is 1. The highest BCUT2D eigenvalue weighted by Crippen LogP contribution is 2.29. The van der Waals surface area contributed by atoms with Crippen molar-refractivity contribution in [1.29, 1.82) is 0 Å². The van der Waals surface area contributed by atoms with Gasteiger partial charge in [0, 0.05) is 10.2 Å². The molecule has 2 rings (SSSR count). The maximum atomic E-state index is 12.1. The lowest BCUT2D eigenvalue weighted by molar-refractivity contribution is -0.121. The summed E-state index contributed by atoms with van der Waals surface area (Å²) < 4.78 is 1.04. The van der Waals surface area contributed by atoms with E-state index >= 15 is 0 Å². The molecule has 1 fully saturated rings. The van der Waals surface area contributed by atoms with E-state index in [1.165, 1.54) is 0 Å². The summed E-state index contributed by atoms with van der Waals surface area (Å²) in [7, 11) is 0. The molecular formula is C13H17BrN2O. The van der Waals surface area contributed by atoms with Gasteiger partial charge in [0.2, 0.25) is 5.91 Å². The number of anilines is 1. The van der Waals surface area contributed by atoms with Crippen molar-refractivity contribution in [3.63, 3.8) is 0 Å². The predicted octanol–water partition coefficient (Wildman–Crippen LogP) is 2.97. The lowest BCUT2D eigenvalue weighted by atomic mass is 9.98. The lowest BCUT2D eigenvalue weighted by Gasteiger charge is -2.22. The number of carbonyl (C=O) groups excluding carboxylic acids is 1. The molecule has 0 radical (unpaired) electrons. The van der Waals surface area contributed by atoms with E-state index in [-0.39, 0.29) is 5.91 Å². The zero-order valence-corrected chi connectivity index (χ0v) is 11.5. The number of aryl methyl sites for hydroxylation is 1. The van der Waals surface area contributed by atoms with E-state index in [1.54, 1.807) is 0 Å². The Hall–Kier alpha value is -0.870. The second kappa shape index (κ2) is 4.78. The zero-order chi connectivity index (χ0) is 12.5. The van der Waals surface area contributed by atoms with Crippen molar-refractivity contribution in [2.45, 2.75) is 38.1 Å². The van der Waals surface area contributed by atoms with Crippen molar-refractivity contribution in [3.05, 3.63) is 28.2 Å². The monoisotopic (exact) mass is 296 g/mol. The molecular weight excluding hydrogens is 280 g/mol. The largest absolute Gasteiger partial charge is 0.324 e. The van der Waals surface area contributed by atoms with Gasteiger partial charge in [-0.25, -0.2) is 0 Å². The first-order valence-corrected chi connectivity index (χ1v) is 6.67. The van der Waals surface area contributed by atoms with Crippen LogP contribution in [0.2, 0.25) is 0 Å². The first-order chi connectivity index (χ1) is 8.01. The number of amides is 1. The third-order valence-corrected chi connectivity index (χ3v) is 4.25. The van der Waals surface area contributed by atoms with E-state index in [0.717, 1.165) is 41.4 Å². The van der Waals surface area contributed by atoms with E-state index in [1.807, 2.05) is 25.1 Å². The van der Waals surface area contributed by atoms with Crippen LogP contribution in [-0.2, 0) is 4.79 Å². The van der Waals surface area contributed by atoms with Gasteiger partial charge in [0.1, 0.15) is 0 Å². The number of nitrogens with one attached hydrogen (secondary N) is 1. The van der Waals surface area contributed by atoms with Crippen molar-refractivity contribution in [3.8, 4) is 0 Å². The molecule has 1 aliphatic rings. The van der Waals surface area contributed by atoms with Crippen LogP contribution in [0.1, 0.15) is 31.2 Å². The molecule has 0 unspecified atom stereocenters. The van der Waals surface area contributed by atoms with Gasteiger partial charge in [-0.2, -0.15) is 0 Å². The number of hydrogen-bond donors (Lipinski definition) is 2. The van der Waals surface area contributed by atoms with E-state index in [0.29, 0.717) is 0 Å². The molecule has 0 atom stereocenters. The quantitative estimate of drug-likeness (QED) is 0.881. The molecule has 0 aliphatic heterocycles. The first-order valence-electron chi connectivity index (χ1n) is 5.88. The van der Waals surface area contributed by atoms with Gasteiger partial charge >= 0.3 is 0 Å². The molecule has 4 heteroatoms. The van der Waals surface area contributed by atoms with Crippen LogP contribution in [0.15, 0.2) is 22.7 Å². The summed E-state index contributed by atoms with van der Waals surface area (Å²) >= 11 is 3.44. The van der Waals surface area contributed by atoms with Crippen LogP contribution in [-0.4, -0.2) is 11.4 Å². The third-order valence-electron chi connectivity index (χ3n) is 3.36. The van der Waals surface area contributed by atoms with Crippen molar-refractivity contribution in [1.82, 2.24) is 0 Å². The molecule has 0 saturated heterocycles. The molecule has 3 nitrogen and oxygen atoms in total. The average molecular weight is 297 g/mol. The zero-order valence-electron chi connectivity index (χ0n) is 9.92. The van der Waals surface area contributed by atoms with Gasteiger partial charge in [0.05, 0.1) is 5.54 Å². The van der Waals surface area contributed by atoms with E-state index in [9.17, 15) is 4.79 Å².